The third-order valence-corrected chi connectivity index (χ3v) is 3.85. The summed E-state index contributed by atoms with van der Waals surface area (Å²) in [5, 5.41) is 12.5. The van der Waals surface area contributed by atoms with Crippen LogP contribution in [0.15, 0.2) is 18.2 Å². The molecule has 1 aromatic carbocycles. The van der Waals surface area contributed by atoms with Gasteiger partial charge in [0.05, 0.1) is 6.61 Å². The van der Waals surface area contributed by atoms with E-state index in [1.54, 1.807) is 0 Å². The Kier molecular flexibility index (Phi) is 4.10. The molecular formula is C15H22N2O2. The number of aliphatic hydroxyl groups excluding tert-OH is 1. The van der Waals surface area contributed by atoms with Crippen LogP contribution in [0.2, 0.25) is 0 Å². The van der Waals surface area contributed by atoms with Crippen LogP contribution in [-0.4, -0.2) is 36.2 Å². The van der Waals surface area contributed by atoms with Gasteiger partial charge in [-0.05, 0) is 38.3 Å². The first-order chi connectivity index (χ1) is 9.06. The van der Waals surface area contributed by atoms with Crippen molar-refractivity contribution >= 4 is 11.6 Å². The van der Waals surface area contributed by atoms with Crippen LogP contribution < -0.4 is 10.2 Å². The number of amides is 1. The lowest BCUT2D eigenvalue weighted by molar-refractivity contribution is -0.122. The van der Waals surface area contributed by atoms with Crippen LogP contribution >= 0.6 is 0 Å². The molecule has 1 saturated heterocycles. The third kappa shape index (κ3) is 2.59. The molecule has 4 nitrogen and oxygen atoms in total. The molecule has 2 atom stereocenters. The fraction of sp³-hybridized carbons (Fsp3) is 0.533. The standard InChI is InChI=1S/C15H22N2O2/c1-10-5-4-6-11(2)14(10)17-12(3)7-8-16-15(19)13(17)9-18/h4-6,12-13,18H,7-9H2,1-3H3,(H,16,19). The number of hydrogen-bond donors (Lipinski definition) is 2. The minimum Gasteiger partial charge on any atom is -0.394 e. The summed E-state index contributed by atoms with van der Waals surface area (Å²) in [6.07, 6.45) is 0.885. The van der Waals surface area contributed by atoms with Gasteiger partial charge in [0.2, 0.25) is 5.91 Å². The van der Waals surface area contributed by atoms with Crippen LogP contribution in [0.3, 0.4) is 0 Å². The van der Waals surface area contributed by atoms with E-state index in [-0.39, 0.29) is 18.6 Å². The van der Waals surface area contributed by atoms with Gasteiger partial charge >= 0.3 is 0 Å². The lowest BCUT2D eigenvalue weighted by Gasteiger charge is -2.36. The largest absolute Gasteiger partial charge is 0.394 e. The van der Waals surface area contributed by atoms with Crippen molar-refractivity contribution in [3.05, 3.63) is 29.3 Å². The highest BCUT2D eigenvalue weighted by Crippen LogP contribution is 2.30. The van der Waals surface area contributed by atoms with Crippen LogP contribution in [0.5, 0.6) is 0 Å². The highest BCUT2D eigenvalue weighted by atomic mass is 16.3. The van der Waals surface area contributed by atoms with Gasteiger partial charge in [0.15, 0.2) is 0 Å². The Bertz CT molecular complexity index is 453. The molecular weight excluding hydrogens is 240 g/mol. The molecule has 104 valence electrons. The molecule has 2 N–H and O–H groups in total. The summed E-state index contributed by atoms with van der Waals surface area (Å²) in [6.45, 7) is 6.70. The molecule has 0 aliphatic carbocycles. The first-order valence-electron chi connectivity index (χ1n) is 6.79. The second kappa shape index (κ2) is 5.61. The molecule has 1 aliphatic heterocycles. The summed E-state index contributed by atoms with van der Waals surface area (Å²) in [5.74, 6) is -0.0884. The van der Waals surface area contributed by atoms with Gasteiger partial charge in [0.1, 0.15) is 6.04 Å². The Balaban J connectivity index is 2.50. The molecule has 1 heterocycles. The quantitative estimate of drug-likeness (QED) is 0.846. The highest BCUT2D eigenvalue weighted by Gasteiger charge is 2.33. The van der Waals surface area contributed by atoms with Crippen LogP contribution in [0.4, 0.5) is 5.69 Å². The number of nitrogens with zero attached hydrogens (tertiary/aromatic N) is 1. The van der Waals surface area contributed by atoms with Gasteiger partial charge in [-0.2, -0.15) is 0 Å². The van der Waals surface area contributed by atoms with Gasteiger partial charge in [-0.25, -0.2) is 0 Å². The van der Waals surface area contributed by atoms with Gasteiger partial charge < -0.3 is 15.3 Å². The molecule has 0 spiro atoms. The Hall–Kier alpha value is -1.55. The number of rotatable bonds is 2. The lowest BCUT2D eigenvalue weighted by atomic mass is 10.0. The summed E-state index contributed by atoms with van der Waals surface area (Å²) in [6, 6.07) is 5.83. The fourth-order valence-corrected chi connectivity index (χ4v) is 2.85. The normalized spacial score (nSPS) is 24.0. The van der Waals surface area contributed by atoms with Crippen molar-refractivity contribution in [3.8, 4) is 0 Å². The van der Waals surface area contributed by atoms with Crippen molar-refractivity contribution in [3.63, 3.8) is 0 Å². The Morgan fingerprint density at radius 3 is 2.58 bits per heavy atom. The maximum Gasteiger partial charge on any atom is 0.245 e. The molecule has 19 heavy (non-hydrogen) atoms. The van der Waals surface area contributed by atoms with Crippen molar-refractivity contribution in [2.45, 2.75) is 39.3 Å². The van der Waals surface area contributed by atoms with Crippen molar-refractivity contribution in [2.24, 2.45) is 0 Å². The van der Waals surface area contributed by atoms with Gasteiger partial charge in [0, 0.05) is 18.3 Å². The van der Waals surface area contributed by atoms with Gasteiger partial charge in [-0.3, -0.25) is 4.79 Å². The van der Waals surface area contributed by atoms with E-state index in [0.29, 0.717) is 6.54 Å². The number of anilines is 1. The van der Waals surface area contributed by atoms with Crippen molar-refractivity contribution in [1.82, 2.24) is 5.32 Å². The van der Waals surface area contributed by atoms with E-state index in [1.807, 2.05) is 32.0 Å². The van der Waals surface area contributed by atoms with E-state index in [9.17, 15) is 9.90 Å². The van der Waals surface area contributed by atoms with E-state index >= 15 is 0 Å². The fourth-order valence-electron chi connectivity index (χ4n) is 2.85. The second-order valence-corrected chi connectivity index (χ2v) is 5.27. The third-order valence-electron chi connectivity index (χ3n) is 3.85. The van der Waals surface area contributed by atoms with Gasteiger partial charge in [-0.1, -0.05) is 18.2 Å². The van der Waals surface area contributed by atoms with Crippen LogP contribution in [0, 0.1) is 13.8 Å². The molecule has 1 fully saturated rings. The van der Waals surface area contributed by atoms with Crippen LogP contribution in [-0.2, 0) is 4.79 Å². The number of hydrogen-bond acceptors (Lipinski definition) is 3. The number of carbonyl (C=O) groups excluding carboxylic acids is 1. The maximum atomic E-state index is 12.1. The highest BCUT2D eigenvalue weighted by molar-refractivity contribution is 5.86. The molecule has 1 aromatic rings. The number of carbonyl (C=O) groups is 1. The number of aryl methyl sites for hydroxylation is 2. The zero-order chi connectivity index (χ0) is 14.0. The molecule has 0 radical (unpaired) electrons. The number of benzene rings is 1. The minimum absolute atomic E-state index is 0.0884. The Labute approximate surface area is 114 Å². The summed E-state index contributed by atoms with van der Waals surface area (Å²) in [5.41, 5.74) is 3.35. The molecule has 0 aromatic heterocycles. The number of aliphatic hydroxyl groups is 1. The Morgan fingerprint density at radius 2 is 2.00 bits per heavy atom. The van der Waals surface area contributed by atoms with E-state index in [0.717, 1.165) is 23.2 Å². The van der Waals surface area contributed by atoms with E-state index < -0.39 is 6.04 Å². The van der Waals surface area contributed by atoms with E-state index in [2.05, 4.69) is 17.1 Å². The number of para-hydroxylation sites is 1. The molecule has 4 heteroatoms. The van der Waals surface area contributed by atoms with Crippen molar-refractivity contribution in [1.29, 1.82) is 0 Å². The van der Waals surface area contributed by atoms with Crippen LogP contribution in [0.1, 0.15) is 24.5 Å². The average Bonchev–Trinajstić information content (AvgIpc) is 2.49. The van der Waals surface area contributed by atoms with Crippen LogP contribution in [0.25, 0.3) is 0 Å². The molecule has 2 rings (SSSR count). The monoisotopic (exact) mass is 262 g/mol. The zero-order valence-electron chi connectivity index (χ0n) is 11.8. The topological polar surface area (TPSA) is 52.6 Å². The van der Waals surface area contributed by atoms with E-state index in [1.165, 1.54) is 0 Å². The average molecular weight is 262 g/mol. The predicted molar refractivity (Wildman–Crippen MR) is 76.4 cm³/mol. The molecule has 0 saturated carbocycles. The maximum absolute atomic E-state index is 12.1. The predicted octanol–water partition coefficient (Wildman–Crippen LogP) is 1.38. The number of nitrogens with one attached hydrogen (secondary N) is 1. The van der Waals surface area contributed by atoms with E-state index in [4.69, 9.17) is 0 Å². The summed E-state index contributed by atoms with van der Waals surface area (Å²) in [7, 11) is 0. The molecule has 1 aliphatic rings. The van der Waals surface area contributed by atoms with Gasteiger partial charge in [-0.15, -0.1) is 0 Å². The Morgan fingerprint density at radius 1 is 1.37 bits per heavy atom. The van der Waals surface area contributed by atoms with Gasteiger partial charge in [0.25, 0.3) is 0 Å². The lowest BCUT2D eigenvalue weighted by Crippen LogP contribution is -2.50. The second-order valence-electron chi connectivity index (χ2n) is 5.27. The summed E-state index contributed by atoms with van der Waals surface area (Å²) < 4.78 is 0. The summed E-state index contributed by atoms with van der Waals surface area (Å²) in [4.78, 5) is 14.2. The first kappa shape index (κ1) is 13.9. The van der Waals surface area contributed by atoms with Crippen molar-refractivity contribution in [2.75, 3.05) is 18.1 Å². The SMILES string of the molecule is Cc1cccc(C)c1N1C(C)CCNC(=O)C1CO. The smallest absolute Gasteiger partial charge is 0.245 e. The summed E-state index contributed by atoms with van der Waals surface area (Å²) >= 11 is 0. The minimum atomic E-state index is -0.503. The zero-order valence-corrected chi connectivity index (χ0v) is 11.8. The molecule has 2 unspecified atom stereocenters. The molecule has 1 amide bonds. The first-order valence-corrected chi connectivity index (χ1v) is 6.79. The van der Waals surface area contributed by atoms with Crippen molar-refractivity contribution < 1.29 is 9.90 Å². The molecule has 0 bridgehead atoms.